The van der Waals surface area contributed by atoms with Crippen molar-refractivity contribution in [3.8, 4) is 17.4 Å². The van der Waals surface area contributed by atoms with E-state index in [1.54, 1.807) is 13.0 Å². The van der Waals surface area contributed by atoms with Gasteiger partial charge in [0.15, 0.2) is 5.75 Å². The van der Waals surface area contributed by atoms with Crippen molar-refractivity contribution >= 4 is 16.6 Å². The normalized spacial score (nSPS) is 10.4. The third-order valence-corrected chi connectivity index (χ3v) is 2.98. The Morgan fingerprint density at radius 3 is 2.35 bits per heavy atom. The van der Waals surface area contributed by atoms with Crippen molar-refractivity contribution < 1.29 is 19.1 Å². The standard InChI is InChI=1S/C13H14N2O5/c1-7-5-10(19-3)14-12-9(18-2)6-8(15(16)17)13(20-4)11(7)12/h5-6H,1-4H3. The highest BCUT2D eigenvalue weighted by molar-refractivity contribution is 5.96. The summed E-state index contributed by atoms with van der Waals surface area (Å²) in [6.45, 7) is 1.80. The number of aryl methyl sites for hydroxylation is 1. The lowest BCUT2D eigenvalue weighted by atomic mass is 10.1. The van der Waals surface area contributed by atoms with Gasteiger partial charge in [0.25, 0.3) is 0 Å². The second-order valence-corrected chi connectivity index (χ2v) is 4.09. The summed E-state index contributed by atoms with van der Waals surface area (Å²) < 4.78 is 15.5. The van der Waals surface area contributed by atoms with Gasteiger partial charge in [0.2, 0.25) is 11.6 Å². The number of fused-ring (bicyclic) bond motifs is 1. The molecule has 0 N–H and O–H groups in total. The third kappa shape index (κ3) is 2.07. The fraction of sp³-hybridized carbons (Fsp3) is 0.308. The number of hydrogen-bond donors (Lipinski definition) is 0. The maximum absolute atomic E-state index is 11.2. The number of nitro benzene ring substituents is 1. The molecule has 0 radical (unpaired) electrons. The lowest BCUT2D eigenvalue weighted by Gasteiger charge is -2.12. The molecule has 0 fully saturated rings. The van der Waals surface area contributed by atoms with Crippen LogP contribution in [0.1, 0.15) is 5.56 Å². The van der Waals surface area contributed by atoms with E-state index in [1.165, 1.54) is 27.4 Å². The molecular formula is C13H14N2O5. The van der Waals surface area contributed by atoms with Gasteiger partial charge >= 0.3 is 5.69 Å². The molecule has 20 heavy (non-hydrogen) atoms. The number of benzene rings is 1. The predicted octanol–water partition coefficient (Wildman–Crippen LogP) is 2.48. The topological polar surface area (TPSA) is 83.7 Å². The van der Waals surface area contributed by atoms with Crippen LogP contribution in [0.15, 0.2) is 12.1 Å². The molecule has 0 bridgehead atoms. The Morgan fingerprint density at radius 1 is 1.15 bits per heavy atom. The number of hydrogen-bond acceptors (Lipinski definition) is 6. The summed E-state index contributed by atoms with van der Waals surface area (Å²) in [7, 11) is 4.32. The largest absolute Gasteiger partial charge is 0.494 e. The minimum atomic E-state index is -0.509. The molecule has 7 heteroatoms. The maximum atomic E-state index is 11.2. The van der Waals surface area contributed by atoms with Gasteiger partial charge in [-0.3, -0.25) is 10.1 Å². The van der Waals surface area contributed by atoms with Crippen molar-refractivity contribution in [2.75, 3.05) is 21.3 Å². The monoisotopic (exact) mass is 278 g/mol. The molecular weight excluding hydrogens is 264 g/mol. The van der Waals surface area contributed by atoms with Crippen molar-refractivity contribution in [3.63, 3.8) is 0 Å². The van der Waals surface area contributed by atoms with Crippen LogP contribution in [0.3, 0.4) is 0 Å². The van der Waals surface area contributed by atoms with Gasteiger partial charge in [-0.25, -0.2) is 4.98 Å². The maximum Gasteiger partial charge on any atom is 0.315 e. The summed E-state index contributed by atoms with van der Waals surface area (Å²) in [6.07, 6.45) is 0. The van der Waals surface area contributed by atoms with Crippen molar-refractivity contribution in [2.45, 2.75) is 6.92 Å². The summed E-state index contributed by atoms with van der Waals surface area (Å²) in [5.41, 5.74) is 1.06. The lowest BCUT2D eigenvalue weighted by molar-refractivity contribution is -0.385. The van der Waals surface area contributed by atoms with Gasteiger partial charge in [-0.2, -0.15) is 0 Å². The van der Waals surface area contributed by atoms with E-state index in [0.29, 0.717) is 22.5 Å². The van der Waals surface area contributed by atoms with Gasteiger partial charge in [0.1, 0.15) is 5.52 Å². The number of methoxy groups -OCH3 is 3. The van der Waals surface area contributed by atoms with E-state index in [9.17, 15) is 10.1 Å². The van der Waals surface area contributed by atoms with Gasteiger partial charge in [-0.15, -0.1) is 0 Å². The van der Waals surface area contributed by atoms with Crippen LogP contribution < -0.4 is 14.2 Å². The highest BCUT2D eigenvalue weighted by Crippen LogP contribution is 2.42. The van der Waals surface area contributed by atoms with E-state index in [2.05, 4.69) is 4.98 Å². The summed E-state index contributed by atoms with van der Waals surface area (Å²) in [5, 5.41) is 11.7. The molecule has 0 saturated carbocycles. The van der Waals surface area contributed by atoms with Crippen LogP contribution in [0, 0.1) is 17.0 Å². The summed E-state index contributed by atoms with van der Waals surface area (Å²) in [6, 6.07) is 2.99. The molecule has 1 aromatic heterocycles. The average molecular weight is 278 g/mol. The zero-order valence-corrected chi connectivity index (χ0v) is 11.6. The first-order chi connectivity index (χ1) is 9.53. The van der Waals surface area contributed by atoms with Crippen LogP contribution in [0.5, 0.6) is 17.4 Å². The Bertz CT molecular complexity index is 684. The smallest absolute Gasteiger partial charge is 0.315 e. The first kappa shape index (κ1) is 13.9. The van der Waals surface area contributed by atoms with Gasteiger partial charge in [-0.05, 0) is 12.5 Å². The van der Waals surface area contributed by atoms with E-state index >= 15 is 0 Å². The zero-order chi connectivity index (χ0) is 14.9. The highest BCUT2D eigenvalue weighted by atomic mass is 16.6. The van der Waals surface area contributed by atoms with Crippen LogP contribution in [0.4, 0.5) is 5.69 Å². The van der Waals surface area contributed by atoms with Crippen LogP contribution >= 0.6 is 0 Å². The molecule has 0 spiro atoms. The lowest BCUT2D eigenvalue weighted by Crippen LogP contribution is -2.00. The highest BCUT2D eigenvalue weighted by Gasteiger charge is 2.24. The molecule has 0 aliphatic rings. The Morgan fingerprint density at radius 2 is 1.85 bits per heavy atom. The molecule has 7 nitrogen and oxygen atoms in total. The Labute approximate surface area is 115 Å². The van der Waals surface area contributed by atoms with Crippen molar-refractivity contribution in [2.24, 2.45) is 0 Å². The SMILES string of the molecule is COc1cc(C)c2c(OC)c([N+](=O)[O-])cc(OC)c2n1. The Balaban J connectivity index is 2.97. The minimum Gasteiger partial charge on any atom is -0.494 e. The third-order valence-electron chi connectivity index (χ3n) is 2.98. The zero-order valence-electron chi connectivity index (χ0n) is 11.6. The van der Waals surface area contributed by atoms with Crippen molar-refractivity contribution in [1.29, 1.82) is 0 Å². The fourth-order valence-corrected chi connectivity index (χ4v) is 2.10. The molecule has 1 heterocycles. The molecule has 0 aliphatic heterocycles. The molecule has 0 aliphatic carbocycles. The molecule has 2 rings (SSSR count). The van der Waals surface area contributed by atoms with E-state index < -0.39 is 4.92 Å². The van der Waals surface area contributed by atoms with Crippen LogP contribution in [0.25, 0.3) is 10.9 Å². The quantitative estimate of drug-likeness (QED) is 0.631. The molecule has 1 aromatic carbocycles. The van der Waals surface area contributed by atoms with Gasteiger partial charge < -0.3 is 14.2 Å². The van der Waals surface area contributed by atoms with Crippen LogP contribution in [-0.2, 0) is 0 Å². The van der Waals surface area contributed by atoms with E-state index in [1.807, 2.05) is 0 Å². The number of ether oxygens (including phenoxy) is 3. The van der Waals surface area contributed by atoms with E-state index in [4.69, 9.17) is 14.2 Å². The number of aromatic nitrogens is 1. The molecule has 2 aromatic rings. The Kier molecular flexibility index (Phi) is 3.60. The van der Waals surface area contributed by atoms with Gasteiger partial charge in [0.05, 0.1) is 37.7 Å². The molecule has 0 atom stereocenters. The second kappa shape index (κ2) is 5.20. The molecule has 0 unspecified atom stereocenters. The number of pyridine rings is 1. The van der Waals surface area contributed by atoms with Gasteiger partial charge in [0, 0.05) is 6.07 Å². The minimum absolute atomic E-state index is 0.160. The van der Waals surface area contributed by atoms with Crippen LogP contribution in [-0.4, -0.2) is 31.2 Å². The first-order valence-electron chi connectivity index (χ1n) is 5.78. The van der Waals surface area contributed by atoms with Crippen molar-refractivity contribution in [1.82, 2.24) is 4.98 Å². The first-order valence-corrected chi connectivity index (χ1v) is 5.78. The molecule has 0 saturated heterocycles. The molecule has 0 amide bonds. The second-order valence-electron chi connectivity index (χ2n) is 4.09. The van der Waals surface area contributed by atoms with Gasteiger partial charge in [-0.1, -0.05) is 0 Å². The fourth-order valence-electron chi connectivity index (χ4n) is 2.10. The summed E-state index contributed by atoms with van der Waals surface area (Å²) in [4.78, 5) is 14.9. The van der Waals surface area contributed by atoms with E-state index in [-0.39, 0.29) is 11.4 Å². The van der Waals surface area contributed by atoms with E-state index in [0.717, 1.165) is 5.56 Å². The number of nitro groups is 1. The summed E-state index contributed by atoms with van der Waals surface area (Å²) >= 11 is 0. The number of rotatable bonds is 4. The Hall–Kier alpha value is -2.57. The molecule has 106 valence electrons. The predicted molar refractivity (Wildman–Crippen MR) is 72.8 cm³/mol. The average Bonchev–Trinajstić information content (AvgIpc) is 2.44. The summed E-state index contributed by atoms with van der Waals surface area (Å²) in [5.74, 6) is 0.872. The number of nitrogens with zero attached hydrogens (tertiary/aromatic N) is 2. The van der Waals surface area contributed by atoms with Crippen LogP contribution in [0.2, 0.25) is 0 Å². The van der Waals surface area contributed by atoms with Crippen molar-refractivity contribution in [3.05, 3.63) is 27.8 Å².